The van der Waals surface area contributed by atoms with Gasteiger partial charge in [-0.05, 0) is 100 Å². The number of amides is 1. The summed E-state index contributed by atoms with van der Waals surface area (Å²) in [4.78, 5) is 16.3. The molecule has 0 radical (unpaired) electrons. The number of hydrogen-bond acceptors (Lipinski definition) is 2. The van der Waals surface area contributed by atoms with E-state index in [4.69, 9.17) is 0 Å². The van der Waals surface area contributed by atoms with Crippen molar-refractivity contribution in [3.63, 3.8) is 0 Å². The number of nitrogens with one attached hydrogen (secondary N) is 1. The van der Waals surface area contributed by atoms with Gasteiger partial charge in [0, 0.05) is 12.6 Å². The van der Waals surface area contributed by atoms with Crippen LogP contribution in [0.25, 0.3) is 0 Å². The van der Waals surface area contributed by atoms with Gasteiger partial charge in [0.25, 0.3) is 0 Å². The Bertz CT molecular complexity index is 762. The zero-order chi connectivity index (χ0) is 18.9. The van der Waals surface area contributed by atoms with Crippen LogP contribution in [0.5, 0.6) is 0 Å². The lowest BCUT2D eigenvalue weighted by molar-refractivity contribution is -0.151. The normalized spacial score (nSPS) is 46.0. The molecule has 4 aliphatic carbocycles. The summed E-state index contributed by atoms with van der Waals surface area (Å²) in [7, 11) is 0. The molecule has 1 aromatic rings. The van der Waals surface area contributed by atoms with Crippen molar-refractivity contribution in [1.29, 1.82) is 0 Å². The van der Waals surface area contributed by atoms with Gasteiger partial charge in [-0.3, -0.25) is 4.79 Å². The number of carbonyl (C=O) groups is 1. The predicted octanol–water partition coefficient (Wildman–Crippen LogP) is 4.04. The molecule has 3 heterocycles. The first-order valence-corrected chi connectivity index (χ1v) is 11.6. The Morgan fingerprint density at radius 1 is 1.04 bits per heavy atom. The lowest BCUT2D eigenvalue weighted by Crippen LogP contribution is -2.63. The molecule has 150 valence electrons. The Morgan fingerprint density at radius 2 is 1.71 bits per heavy atom. The van der Waals surface area contributed by atoms with Crippen LogP contribution in [0, 0.1) is 30.1 Å². The molecule has 3 atom stereocenters. The Balaban J connectivity index is 1.28. The van der Waals surface area contributed by atoms with Crippen LogP contribution < -0.4 is 5.32 Å². The molecular formula is C25H34N2O. The summed E-state index contributed by atoms with van der Waals surface area (Å²) >= 11 is 0. The molecule has 0 spiro atoms. The number of benzene rings is 1. The smallest absolute Gasteiger partial charge is 0.226 e. The number of fused-ring (bicyclic) bond motifs is 3. The summed E-state index contributed by atoms with van der Waals surface area (Å²) in [5, 5.41) is 3.60. The lowest BCUT2D eigenvalue weighted by atomic mass is 9.42. The number of carbonyl (C=O) groups excluding carboxylic acids is 1. The second kappa shape index (κ2) is 6.08. The molecule has 3 nitrogen and oxygen atoms in total. The number of aryl methyl sites for hydroxylation is 1. The number of nitrogens with zero attached hydrogens (tertiary/aromatic N) is 1. The van der Waals surface area contributed by atoms with Crippen LogP contribution in [0.15, 0.2) is 24.3 Å². The fraction of sp³-hybridized carbons (Fsp3) is 0.720. The first-order valence-electron chi connectivity index (χ1n) is 11.6. The van der Waals surface area contributed by atoms with Crippen LogP contribution in [-0.4, -0.2) is 36.5 Å². The summed E-state index contributed by atoms with van der Waals surface area (Å²) in [5.74, 6) is 2.63. The fourth-order valence-corrected chi connectivity index (χ4v) is 8.22. The highest BCUT2D eigenvalue weighted by molar-refractivity contribution is 5.84. The van der Waals surface area contributed by atoms with E-state index in [-0.39, 0.29) is 10.8 Å². The SMILES string of the molecule is Cc1ccc(C23CC4CC(CC(C(=O)NC5CN6CCC5CC6)(C4)C2)C3)cc1. The van der Waals surface area contributed by atoms with Gasteiger partial charge in [0.1, 0.15) is 0 Å². The molecule has 1 amide bonds. The molecule has 1 aromatic carbocycles. The van der Waals surface area contributed by atoms with E-state index in [2.05, 4.69) is 41.4 Å². The largest absolute Gasteiger partial charge is 0.351 e. The average Bonchev–Trinajstić information content (AvgIpc) is 2.68. The van der Waals surface area contributed by atoms with Crippen molar-refractivity contribution < 1.29 is 4.79 Å². The Kier molecular flexibility index (Phi) is 3.80. The number of piperidine rings is 3. The minimum atomic E-state index is -0.0962. The molecule has 7 aliphatic rings. The van der Waals surface area contributed by atoms with Gasteiger partial charge < -0.3 is 10.2 Å². The average molecular weight is 379 g/mol. The second-order valence-corrected chi connectivity index (χ2v) is 11.1. The molecule has 7 fully saturated rings. The standard InChI is InChI=1S/C25H34N2O/c1-17-2-4-21(5-3-17)24-11-18-10-19(12-24)14-25(13-18,16-24)23(28)26-22-15-27-8-6-20(22)7-9-27/h2-5,18-20,22H,6-16H2,1H3,(H,26,28). The highest BCUT2D eigenvalue weighted by Gasteiger charge is 2.61. The van der Waals surface area contributed by atoms with Crippen LogP contribution in [0.2, 0.25) is 0 Å². The molecule has 8 rings (SSSR count). The topological polar surface area (TPSA) is 32.3 Å². The Hall–Kier alpha value is -1.35. The third-order valence-electron chi connectivity index (χ3n) is 9.18. The van der Waals surface area contributed by atoms with Gasteiger partial charge in [-0.2, -0.15) is 0 Å². The van der Waals surface area contributed by atoms with Crippen LogP contribution in [0.3, 0.4) is 0 Å². The maximum absolute atomic E-state index is 13.7. The van der Waals surface area contributed by atoms with Crippen molar-refractivity contribution in [2.24, 2.45) is 23.2 Å². The molecule has 3 saturated heterocycles. The van der Waals surface area contributed by atoms with E-state index in [1.165, 1.54) is 56.3 Å². The van der Waals surface area contributed by atoms with Gasteiger partial charge >= 0.3 is 0 Å². The van der Waals surface area contributed by atoms with Crippen molar-refractivity contribution in [3.8, 4) is 0 Å². The number of hydrogen-bond donors (Lipinski definition) is 1. The van der Waals surface area contributed by atoms with Crippen molar-refractivity contribution in [1.82, 2.24) is 10.2 Å². The zero-order valence-electron chi connectivity index (χ0n) is 17.3. The van der Waals surface area contributed by atoms with Gasteiger partial charge in [0.15, 0.2) is 0 Å². The molecule has 3 aliphatic heterocycles. The van der Waals surface area contributed by atoms with Crippen molar-refractivity contribution in [3.05, 3.63) is 35.4 Å². The molecule has 3 unspecified atom stereocenters. The molecule has 6 bridgehead atoms. The number of rotatable bonds is 3. The third-order valence-corrected chi connectivity index (χ3v) is 9.18. The maximum atomic E-state index is 13.7. The Morgan fingerprint density at radius 3 is 2.32 bits per heavy atom. The van der Waals surface area contributed by atoms with Gasteiger partial charge in [-0.25, -0.2) is 0 Å². The predicted molar refractivity (Wildman–Crippen MR) is 111 cm³/mol. The highest BCUT2D eigenvalue weighted by Crippen LogP contribution is 2.65. The van der Waals surface area contributed by atoms with E-state index >= 15 is 0 Å². The minimum Gasteiger partial charge on any atom is -0.351 e. The summed E-state index contributed by atoms with van der Waals surface area (Å²) in [6.07, 6.45) is 9.90. The van der Waals surface area contributed by atoms with Crippen LogP contribution in [0.1, 0.15) is 62.5 Å². The molecule has 28 heavy (non-hydrogen) atoms. The van der Waals surface area contributed by atoms with Gasteiger partial charge in [0.05, 0.1) is 5.41 Å². The summed E-state index contributed by atoms with van der Waals surface area (Å²) in [6.45, 7) is 5.74. The van der Waals surface area contributed by atoms with Crippen molar-refractivity contribution in [2.75, 3.05) is 19.6 Å². The van der Waals surface area contributed by atoms with Crippen LogP contribution >= 0.6 is 0 Å². The molecule has 0 aromatic heterocycles. The van der Waals surface area contributed by atoms with Crippen molar-refractivity contribution >= 4 is 5.91 Å². The van der Waals surface area contributed by atoms with E-state index in [1.807, 2.05) is 0 Å². The first kappa shape index (κ1) is 17.5. The van der Waals surface area contributed by atoms with Crippen LogP contribution in [0.4, 0.5) is 0 Å². The molecule has 1 N–H and O–H groups in total. The van der Waals surface area contributed by atoms with E-state index < -0.39 is 0 Å². The van der Waals surface area contributed by atoms with Crippen molar-refractivity contribution in [2.45, 2.75) is 69.7 Å². The van der Waals surface area contributed by atoms with Gasteiger partial charge in [-0.15, -0.1) is 0 Å². The fourth-order valence-electron chi connectivity index (χ4n) is 8.22. The molecular weight excluding hydrogens is 344 g/mol. The van der Waals surface area contributed by atoms with Gasteiger partial charge in [-0.1, -0.05) is 29.8 Å². The Labute approximate surface area is 169 Å². The minimum absolute atomic E-state index is 0.0962. The van der Waals surface area contributed by atoms with E-state index in [1.54, 1.807) is 0 Å². The molecule has 3 heteroatoms. The quantitative estimate of drug-likeness (QED) is 0.861. The monoisotopic (exact) mass is 378 g/mol. The summed E-state index contributed by atoms with van der Waals surface area (Å²) in [6, 6.07) is 9.67. The summed E-state index contributed by atoms with van der Waals surface area (Å²) in [5.41, 5.74) is 3.00. The van der Waals surface area contributed by atoms with E-state index in [0.717, 1.165) is 37.6 Å². The van der Waals surface area contributed by atoms with E-state index in [0.29, 0.717) is 17.9 Å². The first-order chi connectivity index (χ1) is 13.5. The highest BCUT2D eigenvalue weighted by atomic mass is 16.2. The van der Waals surface area contributed by atoms with E-state index in [9.17, 15) is 4.79 Å². The van der Waals surface area contributed by atoms with Crippen LogP contribution in [-0.2, 0) is 10.2 Å². The maximum Gasteiger partial charge on any atom is 0.226 e. The summed E-state index contributed by atoms with van der Waals surface area (Å²) < 4.78 is 0. The van der Waals surface area contributed by atoms with Gasteiger partial charge in [0.2, 0.25) is 5.91 Å². The third kappa shape index (κ3) is 2.61. The second-order valence-electron chi connectivity index (χ2n) is 11.1. The lowest BCUT2D eigenvalue weighted by Gasteiger charge is -2.62. The molecule has 4 saturated carbocycles. The zero-order valence-corrected chi connectivity index (χ0v) is 17.3.